The Labute approximate surface area is 95.7 Å². The fourth-order valence-electron chi connectivity index (χ4n) is 1.69. The van der Waals surface area contributed by atoms with Gasteiger partial charge in [0.05, 0.1) is 7.11 Å². The van der Waals surface area contributed by atoms with Crippen LogP contribution in [0, 0.1) is 0 Å². The smallest absolute Gasteiger partial charge is 0.411 e. The van der Waals surface area contributed by atoms with Crippen LogP contribution >= 0.6 is 0 Å². The zero-order chi connectivity index (χ0) is 12.3. The maximum absolute atomic E-state index is 11.8. The lowest BCUT2D eigenvalue weighted by atomic mass is 10.2. The van der Waals surface area contributed by atoms with Gasteiger partial charge >= 0.3 is 12.1 Å². The Morgan fingerprint density at radius 3 is 2.44 bits per heavy atom. The summed E-state index contributed by atoms with van der Waals surface area (Å²) in [7, 11) is 1.33. The highest BCUT2D eigenvalue weighted by atomic mass is 16.6. The van der Waals surface area contributed by atoms with E-state index < -0.39 is 17.7 Å². The summed E-state index contributed by atoms with van der Waals surface area (Å²) in [6, 6.07) is -0.486. The molecule has 16 heavy (non-hydrogen) atoms. The number of hydrogen-bond donors (Lipinski definition) is 0. The third-order valence-electron chi connectivity index (χ3n) is 2.35. The summed E-state index contributed by atoms with van der Waals surface area (Å²) in [6.45, 7) is 5.95. The van der Waals surface area contributed by atoms with Crippen LogP contribution < -0.4 is 0 Å². The summed E-state index contributed by atoms with van der Waals surface area (Å²) in [4.78, 5) is 24.7. The number of carbonyl (C=O) groups is 2. The van der Waals surface area contributed by atoms with E-state index in [0.29, 0.717) is 13.0 Å². The van der Waals surface area contributed by atoms with Crippen molar-refractivity contribution in [3.8, 4) is 0 Å². The van der Waals surface area contributed by atoms with E-state index in [4.69, 9.17) is 4.74 Å². The lowest BCUT2D eigenvalue weighted by Gasteiger charge is -2.27. The topological polar surface area (TPSA) is 55.8 Å². The quantitative estimate of drug-likeness (QED) is 0.640. The SMILES string of the molecule is COC(=O)[C@H]1CCCN1C(=O)OC(C)(C)C. The fourth-order valence-corrected chi connectivity index (χ4v) is 1.69. The van der Waals surface area contributed by atoms with Crippen LogP contribution in [-0.2, 0) is 14.3 Å². The molecule has 0 aliphatic carbocycles. The van der Waals surface area contributed by atoms with Crippen molar-refractivity contribution in [2.75, 3.05) is 13.7 Å². The number of ether oxygens (including phenoxy) is 2. The van der Waals surface area contributed by atoms with Crippen molar-refractivity contribution in [2.24, 2.45) is 0 Å². The Morgan fingerprint density at radius 1 is 1.31 bits per heavy atom. The predicted octanol–water partition coefficient (Wildman–Crippen LogP) is 1.56. The number of nitrogens with zero attached hydrogens (tertiary/aromatic N) is 1. The molecule has 5 heteroatoms. The molecule has 0 unspecified atom stereocenters. The Morgan fingerprint density at radius 2 is 1.94 bits per heavy atom. The molecule has 5 nitrogen and oxygen atoms in total. The van der Waals surface area contributed by atoms with Crippen LogP contribution in [0.3, 0.4) is 0 Å². The van der Waals surface area contributed by atoms with Gasteiger partial charge in [-0.15, -0.1) is 0 Å². The molecule has 0 aromatic rings. The minimum Gasteiger partial charge on any atom is -0.467 e. The number of carbonyl (C=O) groups excluding carboxylic acids is 2. The first-order chi connectivity index (χ1) is 7.35. The lowest BCUT2D eigenvalue weighted by molar-refractivity contribution is -0.145. The third-order valence-corrected chi connectivity index (χ3v) is 2.35. The van der Waals surface area contributed by atoms with Crippen molar-refractivity contribution in [3.05, 3.63) is 0 Å². The maximum Gasteiger partial charge on any atom is 0.411 e. The standard InChI is InChI=1S/C11H19NO4/c1-11(2,3)16-10(14)12-7-5-6-8(12)9(13)15-4/h8H,5-7H2,1-4H3/t8-/m1/s1. The first kappa shape index (κ1) is 12.8. The number of likely N-dealkylation sites (tertiary alicyclic amines) is 1. The molecule has 0 N–H and O–H groups in total. The lowest BCUT2D eigenvalue weighted by Crippen LogP contribution is -2.43. The average molecular weight is 229 g/mol. The average Bonchev–Trinajstić information content (AvgIpc) is 2.62. The molecule has 1 aliphatic rings. The van der Waals surface area contributed by atoms with Gasteiger partial charge in [-0.05, 0) is 33.6 Å². The molecular formula is C11H19NO4. The van der Waals surface area contributed by atoms with E-state index in [1.807, 2.05) is 0 Å². The predicted molar refractivity (Wildman–Crippen MR) is 58.0 cm³/mol. The second-order valence-corrected chi connectivity index (χ2v) is 4.85. The summed E-state index contributed by atoms with van der Waals surface area (Å²) in [5, 5.41) is 0. The molecule has 0 aromatic heterocycles. The minimum atomic E-state index is -0.541. The molecule has 1 atom stereocenters. The fraction of sp³-hybridized carbons (Fsp3) is 0.818. The number of hydrogen-bond acceptors (Lipinski definition) is 4. The molecule has 0 saturated carbocycles. The first-order valence-electron chi connectivity index (χ1n) is 5.42. The molecule has 1 amide bonds. The molecule has 0 aromatic carbocycles. The number of esters is 1. The summed E-state index contributed by atoms with van der Waals surface area (Å²) < 4.78 is 9.88. The van der Waals surface area contributed by atoms with Crippen LogP contribution in [0.4, 0.5) is 4.79 Å². The van der Waals surface area contributed by atoms with E-state index in [9.17, 15) is 9.59 Å². The highest BCUT2D eigenvalue weighted by Crippen LogP contribution is 2.21. The monoisotopic (exact) mass is 229 g/mol. The largest absolute Gasteiger partial charge is 0.467 e. The number of methoxy groups -OCH3 is 1. The van der Waals surface area contributed by atoms with Gasteiger partial charge in [-0.1, -0.05) is 0 Å². The Kier molecular flexibility index (Phi) is 3.78. The van der Waals surface area contributed by atoms with Crippen LogP contribution in [0.1, 0.15) is 33.6 Å². The Bertz CT molecular complexity index is 282. The van der Waals surface area contributed by atoms with E-state index in [-0.39, 0.29) is 5.97 Å². The Balaban J connectivity index is 2.65. The van der Waals surface area contributed by atoms with Crippen molar-refractivity contribution in [3.63, 3.8) is 0 Å². The van der Waals surface area contributed by atoms with Crippen LogP contribution in [0.5, 0.6) is 0 Å². The number of rotatable bonds is 1. The van der Waals surface area contributed by atoms with Crippen LogP contribution in [0.2, 0.25) is 0 Å². The van der Waals surface area contributed by atoms with Gasteiger partial charge in [0.15, 0.2) is 0 Å². The second-order valence-electron chi connectivity index (χ2n) is 4.85. The molecule has 92 valence electrons. The van der Waals surface area contributed by atoms with Gasteiger partial charge in [-0.25, -0.2) is 9.59 Å². The van der Waals surface area contributed by atoms with Crippen LogP contribution in [0.25, 0.3) is 0 Å². The normalized spacial score (nSPS) is 20.8. The summed E-state index contributed by atoms with van der Waals surface area (Å²) >= 11 is 0. The maximum atomic E-state index is 11.8. The summed E-state index contributed by atoms with van der Waals surface area (Å²) in [6.07, 6.45) is 1.01. The van der Waals surface area contributed by atoms with Gasteiger partial charge < -0.3 is 9.47 Å². The van der Waals surface area contributed by atoms with Crippen molar-refractivity contribution >= 4 is 12.1 Å². The summed E-state index contributed by atoms with van der Waals surface area (Å²) in [5.74, 6) is -0.372. The van der Waals surface area contributed by atoms with E-state index in [1.165, 1.54) is 12.0 Å². The highest BCUT2D eigenvalue weighted by molar-refractivity contribution is 5.82. The second kappa shape index (κ2) is 4.72. The van der Waals surface area contributed by atoms with Crippen molar-refractivity contribution in [1.82, 2.24) is 4.90 Å². The van der Waals surface area contributed by atoms with E-state index in [2.05, 4.69) is 4.74 Å². The molecule has 1 fully saturated rings. The van der Waals surface area contributed by atoms with E-state index in [0.717, 1.165) is 6.42 Å². The van der Waals surface area contributed by atoms with E-state index >= 15 is 0 Å². The van der Waals surface area contributed by atoms with Gasteiger partial charge in [-0.3, -0.25) is 4.90 Å². The molecular weight excluding hydrogens is 210 g/mol. The van der Waals surface area contributed by atoms with Crippen molar-refractivity contribution in [1.29, 1.82) is 0 Å². The molecule has 0 bridgehead atoms. The van der Waals surface area contributed by atoms with Crippen molar-refractivity contribution < 1.29 is 19.1 Å². The zero-order valence-electron chi connectivity index (χ0n) is 10.3. The van der Waals surface area contributed by atoms with Gasteiger partial charge in [0, 0.05) is 6.54 Å². The Hall–Kier alpha value is -1.26. The van der Waals surface area contributed by atoms with Gasteiger partial charge in [0.1, 0.15) is 11.6 Å². The summed E-state index contributed by atoms with van der Waals surface area (Å²) in [5.41, 5.74) is -0.541. The zero-order valence-corrected chi connectivity index (χ0v) is 10.3. The van der Waals surface area contributed by atoms with Gasteiger partial charge in [0.25, 0.3) is 0 Å². The molecule has 1 heterocycles. The highest BCUT2D eigenvalue weighted by Gasteiger charge is 2.37. The van der Waals surface area contributed by atoms with Crippen molar-refractivity contribution in [2.45, 2.75) is 45.3 Å². The molecule has 1 aliphatic heterocycles. The first-order valence-corrected chi connectivity index (χ1v) is 5.42. The molecule has 0 spiro atoms. The van der Waals surface area contributed by atoms with Crippen LogP contribution in [-0.4, -0.2) is 42.3 Å². The van der Waals surface area contributed by atoms with E-state index in [1.54, 1.807) is 20.8 Å². The van der Waals surface area contributed by atoms with Gasteiger partial charge in [0.2, 0.25) is 0 Å². The molecule has 0 radical (unpaired) electrons. The minimum absolute atomic E-state index is 0.372. The third kappa shape index (κ3) is 3.12. The van der Waals surface area contributed by atoms with Crippen LogP contribution in [0.15, 0.2) is 0 Å². The van der Waals surface area contributed by atoms with Gasteiger partial charge in [-0.2, -0.15) is 0 Å². The number of amides is 1. The molecule has 1 saturated heterocycles. The molecule has 1 rings (SSSR count).